The number of nitrogens with two attached hydrogens (primary N) is 1. The first-order valence-electron chi connectivity index (χ1n) is 10.9. The number of carboxylic acid groups (broad SMARTS) is 1. The quantitative estimate of drug-likeness (QED) is 0.213. The molecule has 0 radical (unpaired) electrons. The fourth-order valence-electron chi connectivity index (χ4n) is 3.70. The molecule has 1 fully saturated rings. The summed E-state index contributed by atoms with van der Waals surface area (Å²) in [6, 6.07) is 2.50. The van der Waals surface area contributed by atoms with E-state index in [0.29, 0.717) is 31.6 Å². The number of nitrogens with one attached hydrogen (secondary N) is 2. The molecule has 0 spiro atoms. The highest BCUT2D eigenvalue weighted by Gasteiger charge is 2.38. The molecule has 1 aliphatic rings. The summed E-state index contributed by atoms with van der Waals surface area (Å²) < 4.78 is 0. The van der Waals surface area contributed by atoms with Crippen LogP contribution in [0.4, 0.5) is 0 Å². The van der Waals surface area contributed by atoms with E-state index in [1.807, 2.05) is 6.26 Å². The first kappa shape index (κ1) is 27.8. The first-order chi connectivity index (χ1) is 16.2. The van der Waals surface area contributed by atoms with E-state index in [1.54, 1.807) is 12.1 Å². The highest BCUT2D eigenvalue weighted by Crippen LogP contribution is 2.20. The van der Waals surface area contributed by atoms with Gasteiger partial charge in [0.25, 0.3) is 0 Å². The lowest BCUT2D eigenvalue weighted by molar-refractivity contribution is -0.149. The van der Waals surface area contributed by atoms with Gasteiger partial charge in [0.15, 0.2) is 0 Å². The number of hydrogen-bond acceptors (Lipinski definition) is 8. The van der Waals surface area contributed by atoms with Crippen LogP contribution < -0.4 is 16.4 Å². The van der Waals surface area contributed by atoms with Gasteiger partial charge in [-0.25, -0.2) is 4.79 Å². The van der Waals surface area contributed by atoms with Crippen LogP contribution in [0, 0.1) is 0 Å². The number of phenols is 1. The largest absolute Gasteiger partial charge is 0.508 e. The third-order valence-corrected chi connectivity index (χ3v) is 6.60. The lowest BCUT2D eigenvalue weighted by atomic mass is 10.1. The van der Waals surface area contributed by atoms with Crippen LogP contribution in [-0.4, -0.2) is 87.3 Å². The molecular formula is C22H32N4O6S2. The Kier molecular flexibility index (Phi) is 11.0. The van der Waals surface area contributed by atoms with Gasteiger partial charge in [0.1, 0.15) is 23.9 Å². The number of phenolic OH excluding ortho intramolecular Hbond substituents is 1. The number of rotatable bonds is 12. The van der Waals surface area contributed by atoms with Gasteiger partial charge in [0.05, 0.1) is 6.04 Å². The van der Waals surface area contributed by atoms with Crippen molar-refractivity contribution < 1.29 is 29.4 Å². The summed E-state index contributed by atoms with van der Waals surface area (Å²) in [5.41, 5.74) is 6.73. The zero-order valence-corrected chi connectivity index (χ0v) is 20.7. The maximum absolute atomic E-state index is 13.1. The highest BCUT2D eigenvalue weighted by molar-refractivity contribution is 7.98. The maximum atomic E-state index is 13.1. The third-order valence-electron chi connectivity index (χ3n) is 5.59. The van der Waals surface area contributed by atoms with Crippen molar-refractivity contribution in [3.05, 3.63) is 29.8 Å². The minimum atomic E-state index is -1.07. The number of likely N-dealkylation sites (tertiary alicyclic amines) is 1. The van der Waals surface area contributed by atoms with E-state index in [4.69, 9.17) is 5.73 Å². The molecule has 2 rings (SSSR count). The Labute approximate surface area is 208 Å². The SMILES string of the molecule is CSCCC(NC(=O)C(CS)NC(=O)C(N)Cc1ccc(O)cc1)C(=O)N1CCCC1C(=O)O. The van der Waals surface area contributed by atoms with Gasteiger partial charge >= 0.3 is 5.97 Å². The molecule has 1 heterocycles. The number of aliphatic carboxylic acids is 1. The van der Waals surface area contributed by atoms with Crippen molar-refractivity contribution in [3.63, 3.8) is 0 Å². The number of thiol groups is 1. The lowest BCUT2D eigenvalue weighted by Crippen LogP contribution is -2.58. The van der Waals surface area contributed by atoms with Crippen molar-refractivity contribution in [1.82, 2.24) is 15.5 Å². The van der Waals surface area contributed by atoms with Gasteiger partial charge in [-0.05, 0) is 55.4 Å². The number of hydrogen-bond donors (Lipinski definition) is 6. The van der Waals surface area contributed by atoms with Gasteiger partial charge in [-0.15, -0.1) is 0 Å². The summed E-state index contributed by atoms with van der Waals surface area (Å²) in [4.78, 5) is 51.3. The van der Waals surface area contributed by atoms with Crippen LogP contribution in [-0.2, 0) is 25.6 Å². The van der Waals surface area contributed by atoms with Crippen LogP contribution in [0.25, 0.3) is 0 Å². The predicted octanol–water partition coefficient (Wildman–Crippen LogP) is -0.00990. The highest BCUT2D eigenvalue weighted by atomic mass is 32.2. The van der Waals surface area contributed by atoms with Crippen LogP contribution in [0.15, 0.2) is 24.3 Å². The Morgan fingerprint density at radius 1 is 1.18 bits per heavy atom. The summed E-state index contributed by atoms with van der Waals surface area (Å²) >= 11 is 5.66. The normalized spacial score (nSPS) is 18.1. The number of nitrogens with zero attached hydrogens (tertiary/aromatic N) is 1. The van der Waals surface area contributed by atoms with Crippen molar-refractivity contribution in [1.29, 1.82) is 0 Å². The van der Waals surface area contributed by atoms with Gasteiger partial charge in [-0.3, -0.25) is 14.4 Å². The van der Waals surface area contributed by atoms with Crippen molar-refractivity contribution in [2.45, 2.75) is 49.9 Å². The average molecular weight is 513 g/mol. The minimum absolute atomic E-state index is 0.0194. The molecule has 12 heteroatoms. The third kappa shape index (κ3) is 7.81. The number of amides is 3. The van der Waals surface area contributed by atoms with Crippen molar-refractivity contribution >= 4 is 48.1 Å². The molecule has 0 aliphatic carbocycles. The number of thioether (sulfide) groups is 1. The summed E-state index contributed by atoms with van der Waals surface area (Å²) in [5, 5.41) is 24.0. The predicted molar refractivity (Wildman–Crippen MR) is 133 cm³/mol. The molecule has 6 N–H and O–H groups in total. The molecule has 1 aromatic rings. The first-order valence-corrected chi connectivity index (χ1v) is 13.0. The van der Waals surface area contributed by atoms with Crippen molar-refractivity contribution in [3.8, 4) is 5.75 Å². The lowest BCUT2D eigenvalue weighted by Gasteiger charge is -2.28. The number of benzene rings is 1. The Morgan fingerprint density at radius 2 is 1.82 bits per heavy atom. The van der Waals surface area contributed by atoms with Gasteiger partial charge in [-0.1, -0.05) is 12.1 Å². The topological polar surface area (TPSA) is 162 Å². The van der Waals surface area contributed by atoms with E-state index in [-0.39, 0.29) is 17.9 Å². The van der Waals surface area contributed by atoms with E-state index in [2.05, 4.69) is 23.3 Å². The zero-order chi connectivity index (χ0) is 25.3. The Hall–Kier alpha value is -2.44. The Bertz CT molecular complexity index is 869. The average Bonchev–Trinajstić information content (AvgIpc) is 3.31. The summed E-state index contributed by atoms with van der Waals surface area (Å²) in [5.74, 6) is -2.00. The fraction of sp³-hybridized carbons (Fsp3) is 0.545. The van der Waals surface area contributed by atoms with Gasteiger partial charge in [-0.2, -0.15) is 24.4 Å². The molecule has 4 unspecified atom stereocenters. The van der Waals surface area contributed by atoms with Gasteiger partial charge in [0.2, 0.25) is 17.7 Å². The molecule has 34 heavy (non-hydrogen) atoms. The molecule has 1 aliphatic heterocycles. The van der Waals surface area contributed by atoms with Crippen LogP contribution in [0.3, 0.4) is 0 Å². The smallest absolute Gasteiger partial charge is 0.326 e. The van der Waals surface area contributed by atoms with E-state index in [9.17, 15) is 29.4 Å². The molecule has 0 saturated carbocycles. The molecule has 10 nitrogen and oxygen atoms in total. The molecule has 0 aromatic heterocycles. The minimum Gasteiger partial charge on any atom is -0.508 e. The molecule has 1 aromatic carbocycles. The van der Waals surface area contributed by atoms with Crippen LogP contribution in [0.2, 0.25) is 0 Å². The number of carboxylic acids is 1. The second-order valence-corrected chi connectivity index (χ2v) is 9.44. The fourth-order valence-corrected chi connectivity index (χ4v) is 4.43. The maximum Gasteiger partial charge on any atom is 0.326 e. The Morgan fingerprint density at radius 3 is 2.41 bits per heavy atom. The summed E-state index contributed by atoms with van der Waals surface area (Å²) in [6.45, 7) is 0.320. The van der Waals surface area contributed by atoms with E-state index in [1.165, 1.54) is 28.8 Å². The van der Waals surface area contributed by atoms with E-state index >= 15 is 0 Å². The number of carbonyl (C=O) groups excluding carboxylic acids is 3. The van der Waals surface area contributed by atoms with E-state index in [0.717, 1.165) is 5.56 Å². The molecule has 3 amide bonds. The number of carbonyl (C=O) groups is 4. The molecule has 0 bridgehead atoms. The molecule has 1 saturated heterocycles. The second-order valence-electron chi connectivity index (χ2n) is 8.09. The van der Waals surface area contributed by atoms with Gasteiger partial charge < -0.3 is 31.5 Å². The molecule has 4 atom stereocenters. The van der Waals surface area contributed by atoms with E-state index < -0.39 is 47.9 Å². The van der Waals surface area contributed by atoms with Gasteiger partial charge in [0, 0.05) is 12.3 Å². The van der Waals surface area contributed by atoms with Crippen LogP contribution >= 0.6 is 24.4 Å². The summed E-state index contributed by atoms with van der Waals surface area (Å²) in [6.07, 6.45) is 3.35. The zero-order valence-electron chi connectivity index (χ0n) is 19.0. The number of aromatic hydroxyl groups is 1. The second kappa shape index (κ2) is 13.4. The molecular weight excluding hydrogens is 480 g/mol. The van der Waals surface area contributed by atoms with Crippen molar-refractivity contribution in [2.75, 3.05) is 24.3 Å². The Balaban J connectivity index is 2.02. The monoisotopic (exact) mass is 512 g/mol. The standard InChI is InChI=1S/C22H32N4O6S2/c1-34-10-8-16(21(30)26-9-2-3-18(26)22(31)32)24-20(29)17(12-33)25-19(28)15(23)11-13-4-6-14(27)7-5-13/h4-7,15-18,27,33H,2-3,8-12,23H2,1H3,(H,24,29)(H,25,28)(H,31,32). The van der Waals surface area contributed by atoms with Crippen LogP contribution in [0.5, 0.6) is 5.75 Å². The molecule has 188 valence electrons. The van der Waals surface area contributed by atoms with Crippen LogP contribution in [0.1, 0.15) is 24.8 Å². The van der Waals surface area contributed by atoms with Crippen molar-refractivity contribution in [2.24, 2.45) is 5.73 Å². The summed E-state index contributed by atoms with van der Waals surface area (Å²) in [7, 11) is 0.